The van der Waals surface area contributed by atoms with Gasteiger partial charge in [-0.15, -0.1) is 11.6 Å². The summed E-state index contributed by atoms with van der Waals surface area (Å²) >= 11 is 10.1. The van der Waals surface area contributed by atoms with E-state index < -0.39 is 0 Å². The molecule has 0 nitrogen and oxygen atoms in total. The van der Waals surface area contributed by atoms with Crippen LogP contribution >= 0.6 is 27.5 Å². The van der Waals surface area contributed by atoms with Crippen molar-refractivity contribution in [3.8, 4) is 0 Å². The van der Waals surface area contributed by atoms with Gasteiger partial charge in [0.15, 0.2) is 0 Å². The lowest BCUT2D eigenvalue weighted by Gasteiger charge is -2.09. The van der Waals surface area contributed by atoms with Crippen LogP contribution in [0.5, 0.6) is 0 Å². The van der Waals surface area contributed by atoms with Gasteiger partial charge in [-0.05, 0) is 48.3 Å². The van der Waals surface area contributed by atoms with Gasteiger partial charge in [-0.1, -0.05) is 40.9 Å². The van der Waals surface area contributed by atoms with E-state index in [0.29, 0.717) is 0 Å². The maximum atomic E-state index is 6.62. The monoisotopic (exact) mass is 298 g/mol. The summed E-state index contributed by atoms with van der Waals surface area (Å²) in [4.78, 5) is 0. The van der Waals surface area contributed by atoms with Crippen molar-refractivity contribution in [2.45, 2.75) is 31.1 Å². The van der Waals surface area contributed by atoms with Crippen LogP contribution in [-0.4, -0.2) is 0 Å². The van der Waals surface area contributed by atoms with Crippen molar-refractivity contribution in [2.24, 2.45) is 17.8 Å². The number of rotatable bonds is 2. The number of benzene rings is 1. The topological polar surface area (TPSA) is 0 Å². The molecule has 3 unspecified atom stereocenters. The molecule has 16 heavy (non-hydrogen) atoms. The zero-order valence-electron chi connectivity index (χ0n) is 9.20. The van der Waals surface area contributed by atoms with Crippen LogP contribution in [0.3, 0.4) is 0 Å². The van der Waals surface area contributed by atoms with E-state index >= 15 is 0 Å². The average Bonchev–Trinajstić information content (AvgIpc) is 3.03. The molecule has 1 aromatic carbocycles. The molecule has 0 aliphatic heterocycles. The van der Waals surface area contributed by atoms with Crippen LogP contribution in [0.2, 0.25) is 0 Å². The first kappa shape index (κ1) is 11.1. The van der Waals surface area contributed by atoms with Crippen molar-refractivity contribution >= 4 is 27.5 Å². The Balaban J connectivity index is 1.74. The molecule has 2 fully saturated rings. The maximum Gasteiger partial charge on any atom is 0.0618 e. The van der Waals surface area contributed by atoms with Crippen LogP contribution in [-0.2, 0) is 0 Å². The second kappa shape index (κ2) is 4.34. The van der Waals surface area contributed by atoms with Gasteiger partial charge in [0.1, 0.15) is 0 Å². The molecule has 0 heterocycles. The normalized spacial score (nSPS) is 34.2. The van der Waals surface area contributed by atoms with Gasteiger partial charge in [0.2, 0.25) is 0 Å². The first-order chi connectivity index (χ1) is 7.77. The highest BCUT2D eigenvalue weighted by Crippen LogP contribution is 2.62. The highest BCUT2D eigenvalue weighted by molar-refractivity contribution is 9.10. The summed E-state index contributed by atoms with van der Waals surface area (Å²) in [7, 11) is 0. The second-order valence-electron chi connectivity index (χ2n) is 5.14. The minimum Gasteiger partial charge on any atom is -0.117 e. The fourth-order valence-corrected chi connectivity index (χ4v) is 4.13. The van der Waals surface area contributed by atoms with Crippen LogP contribution in [0.25, 0.3) is 0 Å². The van der Waals surface area contributed by atoms with Crippen molar-refractivity contribution in [3.05, 3.63) is 34.3 Å². The molecule has 0 spiro atoms. The van der Waals surface area contributed by atoms with Gasteiger partial charge >= 0.3 is 0 Å². The Kier molecular flexibility index (Phi) is 3.01. The van der Waals surface area contributed by atoms with Crippen molar-refractivity contribution in [2.75, 3.05) is 0 Å². The second-order valence-corrected chi connectivity index (χ2v) is 6.53. The lowest BCUT2D eigenvalue weighted by atomic mass is 10.0. The van der Waals surface area contributed by atoms with Gasteiger partial charge in [-0.25, -0.2) is 0 Å². The van der Waals surface area contributed by atoms with E-state index in [1.54, 1.807) is 0 Å². The Labute approximate surface area is 111 Å². The van der Waals surface area contributed by atoms with E-state index in [0.717, 1.165) is 22.2 Å². The molecule has 3 rings (SSSR count). The van der Waals surface area contributed by atoms with Gasteiger partial charge in [-0.3, -0.25) is 0 Å². The summed E-state index contributed by atoms with van der Waals surface area (Å²) < 4.78 is 1.13. The zero-order valence-corrected chi connectivity index (χ0v) is 11.5. The van der Waals surface area contributed by atoms with E-state index in [-0.39, 0.29) is 5.38 Å². The molecule has 0 amide bonds. The van der Waals surface area contributed by atoms with E-state index in [2.05, 4.69) is 40.2 Å². The van der Waals surface area contributed by atoms with E-state index in [1.165, 1.54) is 31.2 Å². The van der Waals surface area contributed by atoms with Crippen molar-refractivity contribution in [3.63, 3.8) is 0 Å². The zero-order chi connectivity index (χ0) is 11.1. The van der Waals surface area contributed by atoms with Crippen molar-refractivity contribution in [1.82, 2.24) is 0 Å². The van der Waals surface area contributed by atoms with E-state index in [4.69, 9.17) is 11.6 Å². The van der Waals surface area contributed by atoms with Crippen LogP contribution in [0.1, 0.15) is 36.6 Å². The van der Waals surface area contributed by atoms with Gasteiger partial charge in [-0.2, -0.15) is 0 Å². The standard InChI is InChI=1S/C14H16BrCl/c15-10-7-5-9(6-8-10)14(16)13-11-3-1-2-4-12(11)13/h5-8,11-14H,1-4H2. The Morgan fingerprint density at radius 3 is 2.19 bits per heavy atom. The van der Waals surface area contributed by atoms with Gasteiger partial charge < -0.3 is 0 Å². The largest absolute Gasteiger partial charge is 0.117 e. The lowest BCUT2D eigenvalue weighted by Crippen LogP contribution is -1.95. The molecular formula is C14H16BrCl. The third kappa shape index (κ3) is 1.93. The molecule has 0 bridgehead atoms. The first-order valence-electron chi connectivity index (χ1n) is 6.17. The van der Waals surface area contributed by atoms with Crippen molar-refractivity contribution < 1.29 is 0 Å². The SMILES string of the molecule is ClC(c1ccc(Br)cc1)C1C2CCCCC21. The molecule has 2 aliphatic rings. The average molecular weight is 300 g/mol. The first-order valence-corrected chi connectivity index (χ1v) is 7.40. The Morgan fingerprint density at radius 2 is 1.62 bits per heavy atom. The van der Waals surface area contributed by atoms with Crippen LogP contribution in [0.4, 0.5) is 0 Å². The highest BCUT2D eigenvalue weighted by atomic mass is 79.9. The molecule has 0 saturated heterocycles. The van der Waals surface area contributed by atoms with E-state index in [1.807, 2.05) is 0 Å². The third-order valence-electron chi connectivity index (χ3n) is 4.25. The molecule has 2 heteroatoms. The maximum absolute atomic E-state index is 6.62. The van der Waals surface area contributed by atoms with Crippen LogP contribution < -0.4 is 0 Å². The number of alkyl halides is 1. The van der Waals surface area contributed by atoms with Gasteiger partial charge in [0, 0.05) is 4.47 Å². The Bertz CT molecular complexity index is 361. The van der Waals surface area contributed by atoms with Crippen molar-refractivity contribution in [1.29, 1.82) is 0 Å². The summed E-state index contributed by atoms with van der Waals surface area (Å²) in [6, 6.07) is 8.51. The fourth-order valence-electron chi connectivity index (χ4n) is 3.35. The summed E-state index contributed by atoms with van der Waals surface area (Å²) in [5, 5.41) is 0.237. The summed E-state index contributed by atoms with van der Waals surface area (Å²) in [6.45, 7) is 0. The Hall–Kier alpha value is -0.0100. The minimum absolute atomic E-state index is 0.237. The number of hydrogen-bond acceptors (Lipinski definition) is 0. The number of halogens is 2. The van der Waals surface area contributed by atoms with Gasteiger partial charge in [0.05, 0.1) is 5.38 Å². The molecule has 0 N–H and O–H groups in total. The fraction of sp³-hybridized carbons (Fsp3) is 0.571. The van der Waals surface area contributed by atoms with Crippen LogP contribution in [0, 0.1) is 17.8 Å². The predicted molar refractivity (Wildman–Crippen MR) is 71.7 cm³/mol. The molecular weight excluding hydrogens is 284 g/mol. The molecule has 2 saturated carbocycles. The molecule has 86 valence electrons. The quantitative estimate of drug-likeness (QED) is 0.661. The van der Waals surface area contributed by atoms with Gasteiger partial charge in [0.25, 0.3) is 0 Å². The smallest absolute Gasteiger partial charge is 0.0618 e. The predicted octanol–water partition coefficient (Wildman–Crippen LogP) is 5.17. The molecule has 3 atom stereocenters. The number of hydrogen-bond donors (Lipinski definition) is 0. The summed E-state index contributed by atoms with van der Waals surface area (Å²) in [5.74, 6) is 2.62. The Morgan fingerprint density at radius 1 is 1.06 bits per heavy atom. The lowest BCUT2D eigenvalue weighted by molar-refractivity contribution is 0.480. The minimum atomic E-state index is 0.237. The van der Waals surface area contributed by atoms with Crippen LogP contribution in [0.15, 0.2) is 28.7 Å². The van der Waals surface area contributed by atoms with E-state index in [9.17, 15) is 0 Å². The molecule has 0 aromatic heterocycles. The molecule has 0 radical (unpaired) electrons. The highest BCUT2D eigenvalue weighted by Gasteiger charge is 2.53. The molecule has 1 aromatic rings. The summed E-state index contributed by atoms with van der Waals surface area (Å²) in [6.07, 6.45) is 5.66. The molecule has 2 aliphatic carbocycles. The number of fused-ring (bicyclic) bond motifs is 1. The third-order valence-corrected chi connectivity index (χ3v) is 5.32. The summed E-state index contributed by atoms with van der Waals surface area (Å²) in [5.41, 5.74) is 1.30.